The lowest BCUT2D eigenvalue weighted by atomic mass is 10.1. The van der Waals surface area contributed by atoms with E-state index in [-0.39, 0.29) is 0 Å². The van der Waals surface area contributed by atoms with Crippen LogP contribution in [0.15, 0.2) is 18.2 Å². The molecule has 2 nitrogen and oxygen atoms in total. The molecule has 88 valence electrons. The summed E-state index contributed by atoms with van der Waals surface area (Å²) in [6.45, 7) is 4.61. The summed E-state index contributed by atoms with van der Waals surface area (Å²) in [4.78, 5) is 2.33. The van der Waals surface area contributed by atoms with E-state index in [1.54, 1.807) is 0 Å². The minimum Gasteiger partial charge on any atom is -0.377 e. The lowest BCUT2D eigenvalue weighted by Gasteiger charge is -2.36. The lowest BCUT2D eigenvalue weighted by molar-refractivity contribution is 0.0989. The number of hydrogen-bond acceptors (Lipinski definition) is 2. The van der Waals surface area contributed by atoms with Crippen LogP contribution in [0, 0.1) is 0 Å². The van der Waals surface area contributed by atoms with Crippen molar-refractivity contribution in [2.45, 2.75) is 18.8 Å². The van der Waals surface area contributed by atoms with Gasteiger partial charge in [0.1, 0.15) is 0 Å². The maximum atomic E-state index is 5.97. The van der Waals surface area contributed by atoms with Crippen LogP contribution in [0.4, 0.5) is 5.69 Å². The molecular formula is C12H15Cl2NO. The number of halogens is 2. The van der Waals surface area contributed by atoms with Crippen LogP contribution >= 0.6 is 23.2 Å². The Kier molecular flexibility index (Phi) is 3.95. The minimum atomic E-state index is 0.386. The molecule has 1 saturated heterocycles. The van der Waals surface area contributed by atoms with Gasteiger partial charge < -0.3 is 9.64 Å². The van der Waals surface area contributed by atoms with E-state index in [1.807, 2.05) is 18.2 Å². The van der Waals surface area contributed by atoms with Gasteiger partial charge in [-0.05, 0) is 30.7 Å². The van der Waals surface area contributed by atoms with Crippen molar-refractivity contribution >= 4 is 28.9 Å². The second-order valence-electron chi connectivity index (χ2n) is 4.02. The molecule has 0 saturated carbocycles. The monoisotopic (exact) mass is 259 g/mol. The Morgan fingerprint density at radius 2 is 2.31 bits per heavy atom. The number of alkyl halides is 1. The zero-order valence-corrected chi connectivity index (χ0v) is 10.8. The number of nitrogens with zero attached hydrogens (tertiary/aromatic N) is 1. The van der Waals surface area contributed by atoms with Crippen molar-refractivity contribution in [3.05, 3.63) is 28.8 Å². The fraction of sp³-hybridized carbons (Fsp3) is 0.500. The fourth-order valence-electron chi connectivity index (χ4n) is 2.03. The molecule has 0 amide bonds. The molecule has 0 radical (unpaired) electrons. The number of rotatable bonds is 2. The molecule has 1 aromatic carbocycles. The van der Waals surface area contributed by atoms with Gasteiger partial charge >= 0.3 is 0 Å². The number of hydrogen-bond donors (Lipinski definition) is 0. The predicted octanol–water partition coefficient (Wildman–Crippen LogP) is 3.30. The third-order valence-corrected chi connectivity index (χ3v) is 3.39. The molecule has 1 aromatic rings. The van der Waals surface area contributed by atoms with Crippen LogP contribution in [0.25, 0.3) is 0 Å². The van der Waals surface area contributed by atoms with Crippen molar-refractivity contribution in [1.82, 2.24) is 0 Å². The molecule has 0 spiro atoms. The highest BCUT2D eigenvalue weighted by Crippen LogP contribution is 2.28. The van der Waals surface area contributed by atoms with E-state index < -0.39 is 0 Å². The van der Waals surface area contributed by atoms with Gasteiger partial charge in [-0.15, -0.1) is 11.6 Å². The highest BCUT2D eigenvalue weighted by Gasteiger charge is 2.21. The van der Waals surface area contributed by atoms with Gasteiger partial charge in [0, 0.05) is 29.2 Å². The van der Waals surface area contributed by atoms with E-state index in [0.717, 1.165) is 30.3 Å². The van der Waals surface area contributed by atoms with Crippen molar-refractivity contribution in [3.63, 3.8) is 0 Å². The molecule has 1 heterocycles. The van der Waals surface area contributed by atoms with E-state index in [1.165, 1.54) is 5.69 Å². The second-order valence-corrected chi connectivity index (χ2v) is 4.73. The standard InChI is InChI=1S/C12H15Cl2NO/c1-9-8-16-5-4-15(9)12-3-2-11(14)6-10(12)7-13/h2-3,6,9H,4-5,7-8H2,1H3. The summed E-state index contributed by atoms with van der Waals surface area (Å²) in [6.07, 6.45) is 0. The first kappa shape index (κ1) is 12.0. The van der Waals surface area contributed by atoms with Gasteiger partial charge in [-0.2, -0.15) is 0 Å². The van der Waals surface area contributed by atoms with Crippen molar-refractivity contribution < 1.29 is 4.74 Å². The zero-order chi connectivity index (χ0) is 11.5. The van der Waals surface area contributed by atoms with E-state index >= 15 is 0 Å². The van der Waals surface area contributed by atoms with Crippen LogP contribution in [0.2, 0.25) is 5.02 Å². The fourth-order valence-corrected chi connectivity index (χ4v) is 2.44. The first-order chi connectivity index (χ1) is 7.72. The van der Waals surface area contributed by atoms with E-state index in [2.05, 4.69) is 11.8 Å². The Morgan fingerprint density at radius 3 is 3.00 bits per heavy atom. The summed E-state index contributed by atoms with van der Waals surface area (Å²) in [5, 5.41) is 0.736. The zero-order valence-electron chi connectivity index (χ0n) is 9.25. The first-order valence-electron chi connectivity index (χ1n) is 5.41. The Hall–Kier alpha value is -0.440. The average molecular weight is 260 g/mol. The van der Waals surface area contributed by atoms with Crippen molar-refractivity contribution in [3.8, 4) is 0 Å². The topological polar surface area (TPSA) is 12.5 Å². The Balaban J connectivity index is 2.30. The van der Waals surface area contributed by atoms with Gasteiger partial charge in [0.2, 0.25) is 0 Å². The Labute approximate surface area is 106 Å². The minimum absolute atomic E-state index is 0.386. The maximum absolute atomic E-state index is 5.97. The molecule has 0 N–H and O–H groups in total. The molecule has 0 aliphatic carbocycles. The van der Waals surface area contributed by atoms with E-state index in [9.17, 15) is 0 Å². The van der Waals surface area contributed by atoms with Crippen LogP contribution in [-0.4, -0.2) is 25.8 Å². The van der Waals surface area contributed by atoms with Crippen molar-refractivity contribution in [2.75, 3.05) is 24.7 Å². The van der Waals surface area contributed by atoms with Crippen LogP contribution in [0.1, 0.15) is 12.5 Å². The summed E-state index contributed by atoms with van der Waals surface area (Å²) in [5.41, 5.74) is 2.26. The molecule has 1 aliphatic rings. The van der Waals surface area contributed by atoms with Crippen LogP contribution in [0.3, 0.4) is 0 Å². The SMILES string of the molecule is CC1COCCN1c1ccc(Cl)cc1CCl. The van der Waals surface area contributed by atoms with E-state index in [0.29, 0.717) is 11.9 Å². The van der Waals surface area contributed by atoms with Crippen LogP contribution in [0.5, 0.6) is 0 Å². The summed E-state index contributed by atoms with van der Waals surface area (Å²) >= 11 is 11.9. The third-order valence-electron chi connectivity index (χ3n) is 2.86. The highest BCUT2D eigenvalue weighted by molar-refractivity contribution is 6.30. The molecule has 16 heavy (non-hydrogen) atoms. The summed E-state index contributed by atoms with van der Waals surface area (Å²) in [7, 11) is 0. The van der Waals surface area contributed by atoms with Gasteiger partial charge in [-0.1, -0.05) is 11.6 Å². The molecule has 0 aromatic heterocycles. The largest absolute Gasteiger partial charge is 0.377 e. The number of morpholine rings is 1. The first-order valence-corrected chi connectivity index (χ1v) is 6.32. The van der Waals surface area contributed by atoms with Crippen LogP contribution in [-0.2, 0) is 10.6 Å². The van der Waals surface area contributed by atoms with Gasteiger partial charge in [0.15, 0.2) is 0 Å². The maximum Gasteiger partial charge on any atom is 0.0668 e. The van der Waals surface area contributed by atoms with Crippen molar-refractivity contribution in [2.24, 2.45) is 0 Å². The van der Waals surface area contributed by atoms with Crippen molar-refractivity contribution in [1.29, 1.82) is 0 Å². The smallest absolute Gasteiger partial charge is 0.0668 e. The molecule has 0 bridgehead atoms. The van der Waals surface area contributed by atoms with Gasteiger partial charge in [0.25, 0.3) is 0 Å². The van der Waals surface area contributed by atoms with Gasteiger partial charge in [0.05, 0.1) is 13.2 Å². The number of ether oxygens (including phenoxy) is 1. The second kappa shape index (κ2) is 5.26. The summed E-state index contributed by atoms with van der Waals surface area (Å²) in [5.74, 6) is 0.486. The normalized spacial score (nSPS) is 21.2. The van der Waals surface area contributed by atoms with E-state index in [4.69, 9.17) is 27.9 Å². The summed E-state index contributed by atoms with van der Waals surface area (Å²) in [6, 6.07) is 6.28. The third kappa shape index (κ3) is 2.45. The van der Waals surface area contributed by atoms with Crippen LogP contribution < -0.4 is 4.90 Å². The molecule has 4 heteroatoms. The highest BCUT2D eigenvalue weighted by atomic mass is 35.5. The molecule has 1 fully saturated rings. The molecule has 1 atom stereocenters. The van der Waals surface area contributed by atoms with Gasteiger partial charge in [-0.25, -0.2) is 0 Å². The Morgan fingerprint density at radius 1 is 1.50 bits per heavy atom. The molecule has 1 unspecified atom stereocenters. The average Bonchev–Trinajstić information content (AvgIpc) is 2.30. The quantitative estimate of drug-likeness (QED) is 0.756. The molecular weight excluding hydrogens is 245 g/mol. The molecule has 1 aliphatic heterocycles. The summed E-state index contributed by atoms with van der Waals surface area (Å²) < 4.78 is 5.43. The lowest BCUT2D eigenvalue weighted by Crippen LogP contribution is -2.44. The van der Waals surface area contributed by atoms with Gasteiger partial charge in [-0.3, -0.25) is 0 Å². The number of benzene rings is 1. The molecule has 2 rings (SSSR count). The Bertz CT molecular complexity index is 370. The predicted molar refractivity (Wildman–Crippen MR) is 68.6 cm³/mol. The number of anilines is 1.